The van der Waals surface area contributed by atoms with Gasteiger partial charge in [-0.05, 0) is 36.4 Å². The number of halogens is 1. The number of carbonyl (C=O) groups excluding carboxylic acids is 6. The molecule has 0 aromatic heterocycles. The van der Waals surface area contributed by atoms with E-state index in [4.69, 9.17) is 10.5 Å². The number of ether oxygens (including phenoxy) is 1. The highest BCUT2D eigenvalue weighted by Gasteiger charge is 2.38. The summed E-state index contributed by atoms with van der Waals surface area (Å²) in [6.45, 7) is 2.21. The van der Waals surface area contributed by atoms with Crippen molar-refractivity contribution in [2.45, 2.75) is 13.0 Å². The number of nitrogens with zero attached hydrogens (tertiary/aromatic N) is 4. The molecule has 0 radical (unpaired) electrons. The van der Waals surface area contributed by atoms with Crippen LogP contribution in [0.25, 0.3) is 0 Å². The van der Waals surface area contributed by atoms with E-state index >= 15 is 4.39 Å². The number of rotatable bonds is 9. The fourth-order valence-electron chi connectivity index (χ4n) is 5.18. The summed E-state index contributed by atoms with van der Waals surface area (Å²) in [5.74, 6) is -3.00. The topological polar surface area (TPSA) is 175 Å². The van der Waals surface area contributed by atoms with Gasteiger partial charge in [0.1, 0.15) is 18.5 Å². The number of hydrogen-bond donors (Lipinski definition) is 3. The predicted octanol–water partition coefficient (Wildman–Crippen LogP) is 0.129. The van der Waals surface area contributed by atoms with Crippen LogP contribution in [0, 0.1) is 5.82 Å². The molecule has 3 heterocycles. The van der Waals surface area contributed by atoms with Gasteiger partial charge in [-0.25, -0.2) is 9.18 Å². The highest BCUT2D eigenvalue weighted by atomic mass is 19.1. The molecule has 43 heavy (non-hydrogen) atoms. The smallest absolute Gasteiger partial charge is 0.414 e. The highest BCUT2D eigenvalue weighted by Crippen LogP contribution is 2.29. The lowest BCUT2D eigenvalue weighted by Crippen LogP contribution is -2.52. The molecule has 14 nitrogen and oxygen atoms in total. The number of imide groups is 1. The molecule has 0 bridgehead atoms. The second kappa shape index (κ2) is 12.0. The van der Waals surface area contributed by atoms with Gasteiger partial charge in [-0.2, -0.15) is 0 Å². The van der Waals surface area contributed by atoms with E-state index in [2.05, 4.69) is 10.6 Å². The van der Waals surface area contributed by atoms with E-state index in [0.717, 1.165) is 4.90 Å². The van der Waals surface area contributed by atoms with Crippen molar-refractivity contribution >= 4 is 52.7 Å². The number of primary amides is 1. The number of fused-ring (bicyclic) bond motifs is 1. The maximum absolute atomic E-state index is 15.2. The monoisotopic (exact) mass is 595 g/mol. The minimum absolute atomic E-state index is 0.126. The van der Waals surface area contributed by atoms with Crippen molar-refractivity contribution in [1.82, 2.24) is 15.1 Å². The Hall–Kier alpha value is -5.21. The summed E-state index contributed by atoms with van der Waals surface area (Å²) in [6.07, 6.45) is -1.18. The Bertz CT molecular complexity index is 1510. The maximum Gasteiger partial charge on any atom is 0.414 e. The Morgan fingerprint density at radius 3 is 2.40 bits per heavy atom. The molecule has 15 heteroatoms. The fraction of sp³-hybridized carbons (Fsp3) is 0.357. The zero-order valence-electron chi connectivity index (χ0n) is 23.3. The number of amides is 6. The van der Waals surface area contributed by atoms with E-state index in [-0.39, 0.29) is 49.8 Å². The minimum atomic E-state index is -0.632. The third-order valence-corrected chi connectivity index (χ3v) is 7.40. The van der Waals surface area contributed by atoms with Gasteiger partial charge in [0, 0.05) is 38.8 Å². The van der Waals surface area contributed by atoms with Crippen molar-refractivity contribution in [3.63, 3.8) is 0 Å². The highest BCUT2D eigenvalue weighted by molar-refractivity contribution is 6.22. The van der Waals surface area contributed by atoms with Gasteiger partial charge in [-0.1, -0.05) is 0 Å². The first kappa shape index (κ1) is 29.3. The fourth-order valence-corrected chi connectivity index (χ4v) is 5.18. The van der Waals surface area contributed by atoms with Crippen LogP contribution in [0.15, 0.2) is 36.4 Å². The average Bonchev–Trinajstić information content (AvgIpc) is 3.47. The first-order valence-electron chi connectivity index (χ1n) is 13.6. The summed E-state index contributed by atoms with van der Waals surface area (Å²) in [4.78, 5) is 78.7. The summed E-state index contributed by atoms with van der Waals surface area (Å²) in [7, 11) is 0. The van der Waals surface area contributed by atoms with E-state index in [1.54, 1.807) is 23.1 Å². The number of benzene rings is 2. The predicted molar refractivity (Wildman–Crippen MR) is 151 cm³/mol. The molecule has 3 aliphatic heterocycles. The molecule has 0 saturated carbocycles. The van der Waals surface area contributed by atoms with Crippen LogP contribution in [0.1, 0.15) is 27.6 Å². The normalized spacial score (nSPS) is 18.1. The number of nitrogens with two attached hydrogens (primary N) is 1. The van der Waals surface area contributed by atoms with Crippen molar-refractivity contribution < 1.29 is 37.9 Å². The lowest BCUT2D eigenvalue weighted by atomic mass is 10.1. The molecule has 226 valence electrons. The molecule has 2 aromatic rings. The van der Waals surface area contributed by atoms with Gasteiger partial charge in [0.05, 0.1) is 42.1 Å². The molecular weight excluding hydrogens is 565 g/mol. The number of cyclic esters (lactones) is 1. The van der Waals surface area contributed by atoms with Crippen LogP contribution in [0.4, 0.5) is 26.2 Å². The average molecular weight is 596 g/mol. The Kier molecular flexibility index (Phi) is 8.14. The van der Waals surface area contributed by atoms with Crippen LogP contribution in [-0.4, -0.2) is 104 Å². The molecule has 2 aromatic carbocycles. The molecule has 1 atom stereocenters. The second-order valence-electron chi connectivity index (χ2n) is 10.3. The van der Waals surface area contributed by atoms with Crippen molar-refractivity contribution in [3.8, 4) is 0 Å². The third kappa shape index (κ3) is 6.19. The van der Waals surface area contributed by atoms with E-state index in [1.807, 2.05) is 0 Å². The lowest BCUT2D eigenvalue weighted by Gasteiger charge is -2.36. The molecule has 4 N–H and O–H groups in total. The number of hydrogen-bond acceptors (Lipinski definition) is 9. The van der Waals surface area contributed by atoms with Crippen molar-refractivity contribution in [2.75, 3.05) is 67.5 Å². The summed E-state index contributed by atoms with van der Waals surface area (Å²) in [5.41, 5.74) is 6.49. The number of anilines is 3. The van der Waals surface area contributed by atoms with E-state index < -0.39 is 48.2 Å². The van der Waals surface area contributed by atoms with Gasteiger partial charge in [0.15, 0.2) is 0 Å². The summed E-state index contributed by atoms with van der Waals surface area (Å²) < 4.78 is 20.4. The zero-order chi connectivity index (χ0) is 30.8. The summed E-state index contributed by atoms with van der Waals surface area (Å²) >= 11 is 0. The van der Waals surface area contributed by atoms with Gasteiger partial charge in [0.2, 0.25) is 17.7 Å². The minimum Gasteiger partial charge on any atom is -0.442 e. The van der Waals surface area contributed by atoms with Crippen LogP contribution in [0.2, 0.25) is 0 Å². The molecule has 2 saturated heterocycles. The van der Waals surface area contributed by atoms with Crippen LogP contribution in [0.3, 0.4) is 0 Å². The number of piperazine rings is 1. The van der Waals surface area contributed by atoms with Gasteiger partial charge in [0.25, 0.3) is 11.8 Å². The zero-order valence-corrected chi connectivity index (χ0v) is 23.3. The van der Waals surface area contributed by atoms with Crippen LogP contribution < -0.4 is 26.2 Å². The summed E-state index contributed by atoms with van der Waals surface area (Å²) in [6, 6.07) is 8.85. The van der Waals surface area contributed by atoms with Crippen molar-refractivity contribution in [2.24, 2.45) is 5.73 Å². The second-order valence-corrected chi connectivity index (χ2v) is 10.3. The van der Waals surface area contributed by atoms with Gasteiger partial charge in [-0.15, -0.1) is 0 Å². The molecule has 0 spiro atoms. The maximum atomic E-state index is 15.2. The number of nitrogens with one attached hydrogen (secondary N) is 2. The third-order valence-electron chi connectivity index (χ3n) is 7.40. The van der Waals surface area contributed by atoms with Crippen LogP contribution >= 0.6 is 0 Å². The molecule has 3 aliphatic rings. The van der Waals surface area contributed by atoms with Gasteiger partial charge in [-0.3, -0.25) is 33.8 Å². The first-order valence-corrected chi connectivity index (χ1v) is 13.6. The Balaban J connectivity index is 1.16. The molecule has 5 rings (SSSR count). The molecule has 0 unspecified atom stereocenters. The largest absolute Gasteiger partial charge is 0.442 e. The molecule has 0 aliphatic carbocycles. The molecule has 2 fully saturated rings. The SMILES string of the molecule is CC(=O)NC[C@H]1CN(c2ccc(N3CCN(C(=O)CN4C(=O)c5ccc(NCC(N)=O)cc5C4=O)CC3)c(F)c2)C(=O)O1. The Morgan fingerprint density at radius 1 is 1.00 bits per heavy atom. The van der Waals surface area contributed by atoms with Crippen LogP contribution in [0.5, 0.6) is 0 Å². The Morgan fingerprint density at radius 2 is 1.72 bits per heavy atom. The van der Waals surface area contributed by atoms with Crippen molar-refractivity contribution in [3.05, 3.63) is 53.3 Å². The van der Waals surface area contributed by atoms with Gasteiger partial charge >= 0.3 is 6.09 Å². The standard InChI is InChI=1S/C28H30FN7O7/c1-16(37)31-12-19-14-35(28(42)43-19)18-3-5-23(22(29)11-18)33-6-8-34(9-7-33)25(39)15-36-26(40)20-4-2-17(32-13-24(30)38)10-21(20)27(36)41/h2-5,10-11,19,32H,6-9,12-15H2,1H3,(H2,30,38)(H,31,37)/t19-/m0/s1. The van der Waals surface area contributed by atoms with Crippen LogP contribution in [-0.2, 0) is 19.1 Å². The quantitative estimate of drug-likeness (QED) is 0.340. The summed E-state index contributed by atoms with van der Waals surface area (Å²) in [5, 5.41) is 5.36. The van der Waals surface area contributed by atoms with E-state index in [9.17, 15) is 28.8 Å². The molecule has 6 amide bonds. The number of carbonyl (C=O) groups is 6. The van der Waals surface area contributed by atoms with Crippen molar-refractivity contribution in [1.29, 1.82) is 0 Å². The van der Waals surface area contributed by atoms with Gasteiger partial charge < -0.3 is 30.9 Å². The molecular formula is C28H30FN7O7. The van der Waals surface area contributed by atoms with E-state index in [1.165, 1.54) is 34.9 Å². The van der Waals surface area contributed by atoms with E-state index in [0.29, 0.717) is 30.2 Å². The first-order chi connectivity index (χ1) is 20.5. The Labute approximate surface area is 245 Å². The lowest BCUT2D eigenvalue weighted by molar-refractivity contribution is -0.131.